The lowest BCUT2D eigenvalue weighted by Crippen LogP contribution is -2.52. The molecule has 0 bridgehead atoms. The van der Waals surface area contributed by atoms with Crippen molar-refractivity contribution in [3.63, 3.8) is 0 Å². The normalized spacial score (nSPS) is 19.4. The number of hydrogen-bond donors (Lipinski definition) is 1. The summed E-state index contributed by atoms with van der Waals surface area (Å²) in [5, 5.41) is 2.37. The number of halogens is 3. The molecule has 0 aliphatic carbocycles. The molecule has 0 spiro atoms. The summed E-state index contributed by atoms with van der Waals surface area (Å²) in [7, 11) is 2.22. The number of methoxy groups -OCH3 is 2. The number of esters is 1. The minimum absolute atomic E-state index is 0.00608. The van der Waals surface area contributed by atoms with Gasteiger partial charge in [0.15, 0.2) is 0 Å². The van der Waals surface area contributed by atoms with Gasteiger partial charge in [0.25, 0.3) is 0 Å². The lowest BCUT2D eigenvalue weighted by atomic mass is 10.0. The molecule has 2 amide bonds. The Kier molecular flexibility index (Phi) is 7.67. The Labute approximate surface area is 149 Å². The van der Waals surface area contributed by atoms with Crippen LogP contribution >= 0.6 is 0 Å². The van der Waals surface area contributed by atoms with Gasteiger partial charge in [0.1, 0.15) is 12.1 Å². The van der Waals surface area contributed by atoms with Crippen molar-refractivity contribution >= 4 is 18.0 Å². The molecule has 1 aliphatic rings. The average Bonchev–Trinajstić information content (AvgIpc) is 2.93. The Morgan fingerprint density at radius 2 is 1.81 bits per heavy atom. The van der Waals surface area contributed by atoms with Crippen LogP contribution in [0, 0.1) is 5.92 Å². The first-order valence-corrected chi connectivity index (χ1v) is 8.00. The predicted molar refractivity (Wildman–Crippen MR) is 83.9 cm³/mol. The van der Waals surface area contributed by atoms with E-state index in [9.17, 15) is 27.6 Å². The molecule has 8 nitrogen and oxygen atoms in total. The van der Waals surface area contributed by atoms with Crippen LogP contribution in [0.4, 0.5) is 18.0 Å². The van der Waals surface area contributed by atoms with Crippen LogP contribution in [-0.4, -0.2) is 80.0 Å². The molecule has 0 saturated carbocycles. The molecule has 1 N–H and O–H groups in total. The maximum Gasteiger partial charge on any atom is 0.407 e. The number of alkyl halides is 3. The Bertz CT molecular complexity index is 527. The zero-order valence-electron chi connectivity index (χ0n) is 15.1. The van der Waals surface area contributed by atoms with Gasteiger partial charge < -0.3 is 19.7 Å². The Hall–Kier alpha value is -2.04. The first-order valence-electron chi connectivity index (χ1n) is 8.00. The SMILES string of the molecule is COC(=O)N[C@@H](CC(C)C)C(=O)N1CN(CC(F)(F)F)C[C@H]1C(=O)OC. The van der Waals surface area contributed by atoms with E-state index in [4.69, 9.17) is 0 Å². The van der Waals surface area contributed by atoms with E-state index in [-0.39, 0.29) is 18.9 Å². The molecule has 2 atom stereocenters. The molecule has 0 unspecified atom stereocenters. The standard InChI is InChI=1S/C15H24F3N3O5/c1-9(2)5-10(19-14(24)26-4)12(22)21-8-20(7-15(16,17)18)6-11(21)13(23)25-3/h9-11H,5-8H2,1-4H3,(H,19,24)/t10-,11-/m0/s1. The third-order valence-corrected chi connectivity index (χ3v) is 3.80. The van der Waals surface area contributed by atoms with Crippen molar-refractivity contribution in [1.29, 1.82) is 0 Å². The highest BCUT2D eigenvalue weighted by Crippen LogP contribution is 2.23. The zero-order valence-corrected chi connectivity index (χ0v) is 15.1. The number of rotatable bonds is 6. The first kappa shape index (κ1) is 22.0. The fourth-order valence-corrected chi connectivity index (χ4v) is 2.74. The highest BCUT2D eigenvalue weighted by Gasteiger charge is 2.44. The molecule has 26 heavy (non-hydrogen) atoms. The molecular formula is C15H24F3N3O5. The van der Waals surface area contributed by atoms with Crippen LogP contribution in [0.2, 0.25) is 0 Å². The summed E-state index contributed by atoms with van der Waals surface area (Å²) in [6.45, 7) is 1.68. The molecule has 1 aliphatic heterocycles. The van der Waals surface area contributed by atoms with Crippen molar-refractivity contribution in [2.24, 2.45) is 5.92 Å². The molecule has 0 aromatic heterocycles. The summed E-state index contributed by atoms with van der Waals surface area (Å²) in [4.78, 5) is 38.2. The second-order valence-corrected chi connectivity index (χ2v) is 6.43. The van der Waals surface area contributed by atoms with Gasteiger partial charge in [0.2, 0.25) is 5.91 Å². The quantitative estimate of drug-likeness (QED) is 0.688. The van der Waals surface area contributed by atoms with Crippen molar-refractivity contribution in [3.8, 4) is 0 Å². The third-order valence-electron chi connectivity index (χ3n) is 3.80. The summed E-state index contributed by atoms with van der Waals surface area (Å²) in [6, 6.07) is -2.20. The van der Waals surface area contributed by atoms with Gasteiger partial charge in [0.05, 0.1) is 27.4 Å². The fraction of sp³-hybridized carbons (Fsp3) is 0.800. The van der Waals surface area contributed by atoms with Crippen molar-refractivity contribution in [3.05, 3.63) is 0 Å². The monoisotopic (exact) mass is 383 g/mol. The van der Waals surface area contributed by atoms with Crippen LogP contribution in [0.25, 0.3) is 0 Å². The number of carbonyl (C=O) groups is 3. The van der Waals surface area contributed by atoms with Crippen molar-refractivity contribution < 1.29 is 37.0 Å². The number of hydrogen-bond acceptors (Lipinski definition) is 6. The van der Waals surface area contributed by atoms with E-state index in [1.165, 1.54) is 0 Å². The Morgan fingerprint density at radius 3 is 2.27 bits per heavy atom. The van der Waals surface area contributed by atoms with Crippen LogP contribution in [0.1, 0.15) is 20.3 Å². The molecule has 1 fully saturated rings. The van der Waals surface area contributed by atoms with Crippen LogP contribution in [-0.2, 0) is 19.1 Å². The molecular weight excluding hydrogens is 359 g/mol. The van der Waals surface area contributed by atoms with E-state index in [2.05, 4.69) is 14.8 Å². The Morgan fingerprint density at radius 1 is 1.19 bits per heavy atom. The van der Waals surface area contributed by atoms with Gasteiger partial charge in [-0.2, -0.15) is 13.2 Å². The van der Waals surface area contributed by atoms with Gasteiger partial charge in [-0.25, -0.2) is 9.59 Å². The van der Waals surface area contributed by atoms with E-state index in [0.29, 0.717) is 0 Å². The predicted octanol–water partition coefficient (Wildman–Crippen LogP) is 0.963. The maximum absolute atomic E-state index is 12.8. The van der Waals surface area contributed by atoms with Crippen molar-refractivity contribution in [2.45, 2.75) is 38.5 Å². The summed E-state index contributed by atoms with van der Waals surface area (Å²) in [5.74, 6) is -1.47. The number of amides is 2. The smallest absolute Gasteiger partial charge is 0.407 e. The van der Waals surface area contributed by atoms with Gasteiger partial charge in [-0.1, -0.05) is 13.8 Å². The lowest BCUT2D eigenvalue weighted by molar-refractivity contribution is -0.151. The molecule has 0 aromatic rings. The van der Waals surface area contributed by atoms with Gasteiger partial charge >= 0.3 is 18.2 Å². The fourth-order valence-electron chi connectivity index (χ4n) is 2.74. The van der Waals surface area contributed by atoms with Crippen molar-refractivity contribution in [2.75, 3.05) is 34.0 Å². The minimum atomic E-state index is -4.47. The highest BCUT2D eigenvalue weighted by atomic mass is 19.4. The van der Waals surface area contributed by atoms with E-state index < -0.39 is 49.4 Å². The van der Waals surface area contributed by atoms with Gasteiger partial charge in [-0.3, -0.25) is 9.69 Å². The average molecular weight is 383 g/mol. The van der Waals surface area contributed by atoms with Gasteiger partial charge in [-0.05, 0) is 12.3 Å². The number of nitrogens with one attached hydrogen (secondary N) is 1. The molecule has 0 radical (unpaired) electrons. The molecule has 1 saturated heterocycles. The maximum atomic E-state index is 12.8. The topological polar surface area (TPSA) is 88.2 Å². The molecule has 1 heterocycles. The number of alkyl carbamates (subject to hydrolysis) is 1. The van der Waals surface area contributed by atoms with Crippen LogP contribution in [0.3, 0.4) is 0 Å². The third kappa shape index (κ3) is 6.36. The summed E-state index contributed by atoms with van der Waals surface area (Å²) >= 11 is 0. The molecule has 1 rings (SSSR count). The van der Waals surface area contributed by atoms with Crippen LogP contribution in [0.5, 0.6) is 0 Å². The summed E-state index contributed by atoms with van der Waals surface area (Å²) in [5.41, 5.74) is 0. The second-order valence-electron chi connectivity index (χ2n) is 6.43. The van der Waals surface area contributed by atoms with Gasteiger partial charge in [0, 0.05) is 6.54 Å². The molecule has 0 aromatic carbocycles. The van der Waals surface area contributed by atoms with Gasteiger partial charge in [-0.15, -0.1) is 0 Å². The van der Waals surface area contributed by atoms with E-state index in [0.717, 1.165) is 24.0 Å². The van der Waals surface area contributed by atoms with Crippen LogP contribution < -0.4 is 5.32 Å². The highest BCUT2D eigenvalue weighted by molar-refractivity contribution is 5.90. The number of carbonyl (C=O) groups excluding carboxylic acids is 3. The number of ether oxygens (including phenoxy) is 2. The number of nitrogens with zero attached hydrogens (tertiary/aromatic N) is 2. The largest absolute Gasteiger partial charge is 0.467 e. The minimum Gasteiger partial charge on any atom is -0.467 e. The van der Waals surface area contributed by atoms with E-state index >= 15 is 0 Å². The Balaban J connectivity index is 3.00. The lowest BCUT2D eigenvalue weighted by Gasteiger charge is -2.28. The van der Waals surface area contributed by atoms with Crippen LogP contribution in [0.15, 0.2) is 0 Å². The molecule has 11 heteroatoms. The zero-order chi connectivity index (χ0) is 20.1. The van der Waals surface area contributed by atoms with E-state index in [1.54, 1.807) is 0 Å². The first-order chi connectivity index (χ1) is 12.0. The summed E-state index contributed by atoms with van der Waals surface area (Å²) in [6.07, 6.45) is -5.08. The summed E-state index contributed by atoms with van der Waals surface area (Å²) < 4.78 is 47.1. The van der Waals surface area contributed by atoms with E-state index in [1.807, 2.05) is 13.8 Å². The van der Waals surface area contributed by atoms with Crippen molar-refractivity contribution in [1.82, 2.24) is 15.1 Å². The molecule has 150 valence electrons. The second kappa shape index (κ2) is 9.06.